The first-order valence-corrected chi connectivity index (χ1v) is 7.54. The van der Waals surface area contributed by atoms with Gasteiger partial charge in [-0.25, -0.2) is 9.97 Å². The summed E-state index contributed by atoms with van der Waals surface area (Å²) in [4.78, 5) is 19.3. The maximum Gasteiger partial charge on any atom is 0.471 e. The van der Waals surface area contributed by atoms with E-state index < -0.39 is 12.1 Å². The molecule has 5 nitrogen and oxygen atoms in total. The fourth-order valence-corrected chi connectivity index (χ4v) is 2.18. The summed E-state index contributed by atoms with van der Waals surface area (Å²) in [5, 5.41) is 4.83. The van der Waals surface area contributed by atoms with Crippen LogP contribution in [-0.4, -0.2) is 22.1 Å². The average molecular weight is 358 g/mol. The van der Waals surface area contributed by atoms with Gasteiger partial charge in [-0.15, -0.1) is 0 Å². The van der Waals surface area contributed by atoms with Crippen molar-refractivity contribution in [1.29, 1.82) is 0 Å². The summed E-state index contributed by atoms with van der Waals surface area (Å²) in [7, 11) is 0. The lowest BCUT2D eigenvalue weighted by atomic mass is 10.1. The van der Waals surface area contributed by atoms with Crippen LogP contribution >= 0.6 is 0 Å². The quantitative estimate of drug-likeness (QED) is 0.726. The van der Waals surface area contributed by atoms with E-state index in [1.807, 2.05) is 30.3 Å². The van der Waals surface area contributed by atoms with Gasteiger partial charge >= 0.3 is 12.1 Å². The Kier molecular flexibility index (Phi) is 4.83. The number of nitrogens with one attached hydrogen (secondary N) is 2. The molecule has 8 heteroatoms. The van der Waals surface area contributed by atoms with Gasteiger partial charge in [-0.3, -0.25) is 4.79 Å². The Morgan fingerprint density at radius 3 is 2.19 bits per heavy atom. The summed E-state index contributed by atoms with van der Waals surface area (Å²) in [5.41, 5.74) is 2.32. The summed E-state index contributed by atoms with van der Waals surface area (Å²) in [6, 6.07) is 17.1. The first-order valence-electron chi connectivity index (χ1n) is 7.54. The third kappa shape index (κ3) is 4.35. The number of amides is 1. The number of nitrogens with zero attached hydrogens (tertiary/aromatic N) is 2. The zero-order chi connectivity index (χ0) is 18.6. The fraction of sp³-hybridized carbons (Fsp3) is 0.0556. The number of alkyl halides is 3. The Hall–Kier alpha value is -3.42. The first kappa shape index (κ1) is 17.4. The molecule has 2 aromatic carbocycles. The minimum Gasteiger partial charge on any atom is -0.340 e. The van der Waals surface area contributed by atoms with Crippen LogP contribution in [0.25, 0.3) is 11.3 Å². The van der Waals surface area contributed by atoms with E-state index in [9.17, 15) is 18.0 Å². The molecule has 0 fully saturated rings. The second kappa shape index (κ2) is 7.22. The number of halogens is 3. The van der Waals surface area contributed by atoms with Crippen LogP contribution in [-0.2, 0) is 4.79 Å². The fourth-order valence-electron chi connectivity index (χ4n) is 2.18. The van der Waals surface area contributed by atoms with E-state index in [0.29, 0.717) is 11.5 Å². The Morgan fingerprint density at radius 1 is 0.885 bits per heavy atom. The van der Waals surface area contributed by atoms with E-state index in [1.165, 1.54) is 30.6 Å². The molecule has 0 radical (unpaired) electrons. The van der Waals surface area contributed by atoms with Crippen molar-refractivity contribution in [3.63, 3.8) is 0 Å². The molecule has 0 atom stereocenters. The third-order valence-corrected chi connectivity index (χ3v) is 3.41. The van der Waals surface area contributed by atoms with Gasteiger partial charge in [-0.1, -0.05) is 30.3 Å². The van der Waals surface area contributed by atoms with Crippen molar-refractivity contribution in [1.82, 2.24) is 9.97 Å². The molecule has 0 aliphatic carbocycles. The van der Waals surface area contributed by atoms with Gasteiger partial charge < -0.3 is 10.6 Å². The normalized spacial score (nSPS) is 11.0. The smallest absolute Gasteiger partial charge is 0.340 e. The van der Waals surface area contributed by atoms with Crippen LogP contribution in [0, 0.1) is 0 Å². The molecular weight excluding hydrogens is 345 g/mol. The maximum absolute atomic E-state index is 12.2. The lowest BCUT2D eigenvalue weighted by Crippen LogP contribution is -2.29. The van der Waals surface area contributed by atoms with Gasteiger partial charge in [0.15, 0.2) is 0 Å². The number of carbonyl (C=O) groups is 1. The van der Waals surface area contributed by atoms with Crippen molar-refractivity contribution in [3.8, 4) is 11.3 Å². The highest BCUT2D eigenvalue weighted by Crippen LogP contribution is 2.23. The van der Waals surface area contributed by atoms with Gasteiger partial charge in [0.1, 0.15) is 12.1 Å². The molecular formula is C18H13F3N4O. The summed E-state index contributed by atoms with van der Waals surface area (Å²) >= 11 is 0. The van der Waals surface area contributed by atoms with Crippen molar-refractivity contribution in [2.75, 3.05) is 10.6 Å². The van der Waals surface area contributed by atoms with Crippen molar-refractivity contribution in [3.05, 3.63) is 67.0 Å². The predicted octanol–water partition coefficient (Wildman–Crippen LogP) is 4.39. The molecule has 3 rings (SSSR count). The van der Waals surface area contributed by atoms with Crippen molar-refractivity contribution in [2.24, 2.45) is 0 Å². The molecule has 0 unspecified atom stereocenters. The largest absolute Gasteiger partial charge is 0.471 e. The van der Waals surface area contributed by atoms with Crippen LogP contribution in [0.4, 0.5) is 30.4 Å². The van der Waals surface area contributed by atoms with E-state index in [-0.39, 0.29) is 5.69 Å². The van der Waals surface area contributed by atoms with Crippen LogP contribution in [0.3, 0.4) is 0 Å². The maximum atomic E-state index is 12.2. The number of rotatable bonds is 4. The van der Waals surface area contributed by atoms with Crippen molar-refractivity contribution in [2.45, 2.75) is 6.18 Å². The summed E-state index contributed by atoms with van der Waals surface area (Å²) in [6.45, 7) is 0. The van der Waals surface area contributed by atoms with Crippen molar-refractivity contribution < 1.29 is 18.0 Å². The van der Waals surface area contributed by atoms with Gasteiger partial charge in [0.25, 0.3) is 0 Å². The van der Waals surface area contributed by atoms with E-state index in [1.54, 1.807) is 11.4 Å². The number of hydrogen-bond donors (Lipinski definition) is 2. The van der Waals surface area contributed by atoms with E-state index >= 15 is 0 Å². The van der Waals surface area contributed by atoms with Crippen LogP contribution in [0.2, 0.25) is 0 Å². The van der Waals surface area contributed by atoms with Gasteiger partial charge in [-0.2, -0.15) is 13.2 Å². The molecule has 0 bridgehead atoms. The highest BCUT2D eigenvalue weighted by Gasteiger charge is 2.38. The minimum absolute atomic E-state index is 0.0468. The lowest BCUT2D eigenvalue weighted by Gasteiger charge is -2.10. The zero-order valence-electron chi connectivity index (χ0n) is 13.3. The zero-order valence-corrected chi connectivity index (χ0v) is 13.3. The van der Waals surface area contributed by atoms with Crippen LogP contribution < -0.4 is 10.6 Å². The SMILES string of the molecule is O=C(Nc1ccc(Nc2cc(-c3ccccc3)ncn2)cc1)C(F)(F)F. The molecule has 132 valence electrons. The highest BCUT2D eigenvalue weighted by molar-refractivity contribution is 5.95. The van der Waals surface area contributed by atoms with Gasteiger partial charge in [-0.05, 0) is 24.3 Å². The summed E-state index contributed by atoms with van der Waals surface area (Å²) in [6.07, 6.45) is -3.51. The minimum atomic E-state index is -4.92. The Bertz CT molecular complexity index is 896. The number of anilines is 3. The monoisotopic (exact) mass is 358 g/mol. The van der Waals surface area contributed by atoms with Crippen LogP contribution in [0.15, 0.2) is 67.0 Å². The van der Waals surface area contributed by atoms with Crippen LogP contribution in [0.5, 0.6) is 0 Å². The molecule has 3 aromatic rings. The molecule has 0 aliphatic rings. The standard InChI is InChI=1S/C18H13F3N4O/c19-18(20,21)17(26)25-14-8-6-13(7-9-14)24-16-10-15(22-11-23-16)12-4-2-1-3-5-12/h1-11H,(H,25,26)(H,22,23,24). The van der Waals surface area contributed by atoms with Crippen molar-refractivity contribution >= 4 is 23.1 Å². The highest BCUT2D eigenvalue weighted by atomic mass is 19.4. The molecule has 0 saturated heterocycles. The number of carbonyl (C=O) groups excluding carboxylic acids is 1. The number of benzene rings is 2. The summed E-state index contributed by atoms with van der Waals surface area (Å²) in [5.74, 6) is -1.48. The lowest BCUT2D eigenvalue weighted by molar-refractivity contribution is -0.167. The molecule has 0 spiro atoms. The molecule has 0 aliphatic heterocycles. The molecule has 26 heavy (non-hydrogen) atoms. The number of hydrogen-bond acceptors (Lipinski definition) is 4. The second-order valence-corrected chi connectivity index (χ2v) is 5.31. The topological polar surface area (TPSA) is 66.9 Å². The van der Waals surface area contributed by atoms with E-state index in [2.05, 4.69) is 15.3 Å². The molecule has 0 saturated carbocycles. The first-order chi connectivity index (χ1) is 12.4. The molecule has 1 aromatic heterocycles. The number of aromatic nitrogens is 2. The Morgan fingerprint density at radius 2 is 1.54 bits per heavy atom. The van der Waals surface area contributed by atoms with Gasteiger partial charge in [0.2, 0.25) is 0 Å². The molecule has 1 amide bonds. The van der Waals surface area contributed by atoms with Gasteiger partial charge in [0, 0.05) is 23.0 Å². The van der Waals surface area contributed by atoms with E-state index in [0.717, 1.165) is 11.3 Å². The van der Waals surface area contributed by atoms with E-state index in [4.69, 9.17) is 0 Å². The molecule has 2 N–H and O–H groups in total. The summed E-state index contributed by atoms with van der Waals surface area (Å²) < 4.78 is 36.7. The second-order valence-electron chi connectivity index (χ2n) is 5.31. The van der Waals surface area contributed by atoms with Crippen LogP contribution in [0.1, 0.15) is 0 Å². The predicted molar refractivity (Wildman–Crippen MR) is 91.9 cm³/mol. The Balaban J connectivity index is 1.71. The average Bonchev–Trinajstić information content (AvgIpc) is 2.63. The third-order valence-electron chi connectivity index (χ3n) is 3.41. The molecule has 1 heterocycles. The Labute approximate surface area is 146 Å². The van der Waals surface area contributed by atoms with Gasteiger partial charge in [0.05, 0.1) is 5.69 Å².